The number of ether oxygens (including phenoxy) is 1. The molecular weight excluding hydrogens is 298 g/mol. The second kappa shape index (κ2) is 5.96. The molecule has 3 rings (SSSR count). The predicted octanol–water partition coefficient (Wildman–Crippen LogP) is 2.86. The first-order valence-electron chi connectivity index (χ1n) is 7.07. The molecule has 0 unspecified atom stereocenters. The molecule has 1 aliphatic rings. The summed E-state index contributed by atoms with van der Waals surface area (Å²) in [6, 6.07) is 3.67. The van der Waals surface area contributed by atoms with E-state index in [1.54, 1.807) is 38.5 Å². The molecule has 118 valence electrons. The quantitative estimate of drug-likeness (QED) is 0.842. The van der Waals surface area contributed by atoms with E-state index < -0.39 is 5.97 Å². The van der Waals surface area contributed by atoms with Crippen LogP contribution >= 0.6 is 0 Å². The van der Waals surface area contributed by atoms with Crippen LogP contribution in [0.2, 0.25) is 0 Å². The van der Waals surface area contributed by atoms with E-state index in [4.69, 9.17) is 9.15 Å². The molecule has 7 nitrogen and oxygen atoms in total. The molecule has 0 atom stereocenters. The van der Waals surface area contributed by atoms with E-state index in [0.29, 0.717) is 5.82 Å². The number of nitrogens with one attached hydrogen (secondary N) is 1. The predicted molar refractivity (Wildman–Crippen MR) is 86.1 cm³/mol. The monoisotopic (exact) mass is 313 g/mol. The maximum atomic E-state index is 12.0. The number of hydrogen-bond acceptors (Lipinski definition) is 7. The number of allylic oxidation sites excluding steroid dienone is 1. The zero-order chi connectivity index (χ0) is 16.4. The van der Waals surface area contributed by atoms with E-state index in [1.165, 1.54) is 0 Å². The lowest BCUT2D eigenvalue weighted by molar-refractivity contribution is 0.0524. The lowest BCUT2D eigenvalue weighted by Crippen LogP contribution is -2.06. The summed E-state index contributed by atoms with van der Waals surface area (Å²) in [7, 11) is 1.59. The molecule has 0 bridgehead atoms. The number of pyridine rings is 1. The summed E-state index contributed by atoms with van der Waals surface area (Å²) in [5, 5.41) is 13.0. The standard InChI is InChI=1S/C16H15N3O4/c1-3-22-16(21)12-13(20)11(23-15(12)17-2)7-9-8-19-14-10(9)5-4-6-18-14/h4-8,17,20H,3H2,1-2H3. The number of hydrogen-bond donors (Lipinski definition) is 2. The highest BCUT2D eigenvalue weighted by atomic mass is 16.5. The van der Waals surface area contributed by atoms with Crippen LogP contribution in [0.3, 0.4) is 0 Å². The fraction of sp³-hybridized carbons (Fsp3) is 0.188. The summed E-state index contributed by atoms with van der Waals surface area (Å²) in [4.78, 5) is 20.3. The SMILES string of the molecule is CCOC(=O)c1c(NC)oc(C=C2C=Nc3ncccc32)c1O. The topological polar surface area (TPSA) is 97.0 Å². The molecule has 23 heavy (non-hydrogen) atoms. The highest BCUT2D eigenvalue weighted by Gasteiger charge is 2.26. The van der Waals surface area contributed by atoms with Crippen LogP contribution in [0.5, 0.6) is 5.75 Å². The number of carbonyl (C=O) groups excluding carboxylic acids is 1. The molecule has 0 spiro atoms. The summed E-state index contributed by atoms with van der Waals surface area (Å²) >= 11 is 0. The molecule has 2 N–H and O–H groups in total. The van der Waals surface area contributed by atoms with Crippen molar-refractivity contribution < 1.29 is 19.1 Å². The molecule has 1 aliphatic heterocycles. The largest absolute Gasteiger partial charge is 0.504 e. The normalized spacial score (nSPS) is 14.1. The Morgan fingerprint density at radius 2 is 2.35 bits per heavy atom. The second-order valence-electron chi connectivity index (χ2n) is 4.72. The number of anilines is 1. The first-order valence-corrected chi connectivity index (χ1v) is 7.07. The summed E-state index contributed by atoms with van der Waals surface area (Å²) in [5.41, 5.74) is 1.53. The van der Waals surface area contributed by atoms with Gasteiger partial charge in [-0.2, -0.15) is 0 Å². The molecule has 0 saturated heterocycles. The van der Waals surface area contributed by atoms with Crippen molar-refractivity contribution in [3.8, 4) is 5.75 Å². The number of aromatic nitrogens is 1. The molecule has 0 fully saturated rings. The maximum Gasteiger partial charge on any atom is 0.347 e. The van der Waals surface area contributed by atoms with Crippen LogP contribution < -0.4 is 5.32 Å². The summed E-state index contributed by atoms with van der Waals surface area (Å²) in [6.07, 6.45) is 4.89. The number of fused-ring (bicyclic) bond motifs is 1. The fourth-order valence-electron chi connectivity index (χ4n) is 2.29. The second-order valence-corrected chi connectivity index (χ2v) is 4.72. The van der Waals surface area contributed by atoms with Crippen molar-refractivity contribution in [1.29, 1.82) is 0 Å². The van der Waals surface area contributed by atoms with Crippen molar-refractivity contribution in [1.82, 2.24) is 4.98 Å². The van der Waals surface area contributed by atoms with Crippen LogP contribution in [0.15, 0.2) is 27.7 Å². The van der Waals surface area contributed by atoms with Gasteiger partial charge in [-0.25, -0.2) is 14.8 Å². The molecule has 7 heteroatoms. The minimum absolute atomic E-state index is 0.0254. The van der Waals surface area contributed by atoms with Crippen LogP contribution in [0.4, 0.5) is 11.7 Å². The van der Waals surface area contributed by atoms with Crippen molar-refractivity contribution in [2.24, 2.45) is 4.99 Å². The molecule has 3 heterocycles. The van der Waals surface area contributed by atoms with Gasteiger partial charge in [0.2, 0.25) is 5.88 Å². The van der Waals surface area contributed by atoms with Gasteiger partial charge in [-0.15, -0.1) is 0 Å². The van der Waals surface area contributed by atoms with Gasteiger partial charge in [-0.3, -0.25) is 0 Å². The van der Waals surface area contributed by atoms with Gasteiger partial charge in [-0.1, -0.05) is 0 Å². The van der Waals surface area contributed by atoms with Gasteiger partial charge in [0.05, 0.1) is 6.61 Å². The van der Waals surface area contributed by atoms with E-state index in [9.17, 15) is 9.90 Å². The summed E-state index contributed by atoms with van der Waals surface area (Å²) in [5.74, 6) is -0.0232. The number of rotatable bonds is 4. The molecule has 2 aromatic rings. The van der Waals surface area contributed by atoms with Gasteiger partial charge in [0.1, 0.15) is 0 Å². The van der Waals surface area contributed by atoms with Crippen molar-refractivity contribution in [2.45, 2.75) is 6.92 Å². The lowest BCUT2D eigenvalue weighted by atomic mass is 10.1. The van der Waals surface area contributed by atoms with Crippen LogP contribution in [-0.2, 0) is 4.74 Å². The Morgan fingerprint density at radius 1 is 1.52 bits per heavy atom. The van der Waals surface area contributed by atoms with Crippen LogP contribution in [0.25, 0.3) is 11.6 Å². The summed E-state index contributed by atoms with van der Waals surface area (Å²) in [6.45, 7) is 1.89. The van der Waals surface area contributed by atoms with Crippen LogP contribution in [-0.4, -0.2) is 35.9 Å². The molecular formula is C16H15N3O4. The van der Waals surface area contributed by atoms with E-state index in [0.717, 1.165) is 11.1 Å². The van der Waals surface area contributed by atoms with E-state index in [2.05, 4.69) is 15.3 Å². The van der Waals surface area contributed by atoms with Gasteiger partial charge in [0, 0.05) is 30.6 Å². The Labute approximate surface area is 132 Å². The fourth-order valence-corrected chi connectivity index (χ4v) is 2.29. The van der Waals surface area contributed by atoms with Gasteiger partial charge in [0.25, 0.3) is 0 Å². The van der Waals surface area contributed by atoms with Crippen molar-refractivity contribution in [3.05, 3.63) is 35.2 Å². The highest BCUT2D eigenvalue weighted by molar-refractivity contribution is 6.21. The zero-order valence-electron chi connectivity index (χ0n) is 12.7. The smallest absolute Gasteiger partial charge is 0.347 e. The first-order chi connectivity index (χ1) is 11.2. The lowest BCUT2D eigenvalue weighted by Gasteiger charge is -2.01. The number of esters is 1. The van der Waals surface area contributed by atoms with Crippen LogP contribution in [0.1, 0.15) is 28.6 Å². The molecule has 0 aromatic carbocycles. The van der Waals surface area contributed by atoms with Crippen molar-refractivity contribution in [3.63, 3.8) is 0 Å². The molecule has 2 aromatic heterocycles. The Balaban J connectivity index is 2.04. The minimum atomic E-state index is -0.648. The number of aromatic hydroxyl groups is 1. The van der Waals surface area contributed by atoms with E-state index >= 15 is 0 Å². The van der Waals surface area contributed by atoms with Crippen molar-refractivity contribution in [2.75, 3.05) is 19.0 Å². The molecule has 0 aliphatic carbocycles. The highest BCUT2D eigenvalue weighted by Crippen LogP contribution is 2.38. The van der Waals surface area contributed by atoms with Gasteiger partial charge >= 0.3 is 5.97 Å². The average molecular weight is 313 g/mol. The maximum absolute atomic E-state index is 12.0. The Bertz CT molecular complexity index is 821. The Morgan fingerprint density at radius 3 is 3.09 bits per heavy atom. The third kappa shape index (κ3) is 2.57. The third-order valence-electron chi connectivity index (χ3n) is 3.33. The minimum Gasteiger partial charge on any atom is -0.504 e. The zero-order valence-corrected chi connectivity index (χ0v) is 12.7. The van der Waals surface area contributed by atoms with Gasteiger partial charge < -0.3 is 19.6 Å². The Hall–Kier alpha value is -3.09. The average Bonchev–Trinajstić information content (AvgIpc) is 3.10. The van der Waals surface area contributed by atoms with Gasteiger partial charge in [-0.05, 0) is 25.1 Å². The first kappa shape index (κ1) is 14.8. The number of furan rings is 1. The molecule has 0 amide bonds. The number of nitrogens with zero attached hydrogens (tertiary/aromatic N) is 2. The molecule has 0 radical (unpaired) electrons. The number of carbonyl (C=O) groups is 1. The summed E-state index contributed by atoms with van der Waals surface area (Å²) < 4.78 is 10.5. The van der Waals surface area contributed by atoms with E-state index in [1.807, 2.05) is 6.07 Å². The van der Waals surface area contributed by atoms with Crippen molar-refractivity contribution >= 4 is 35.5 Å². The van der Waals surface area contributed by atoms with Crippen LogP contribution in [0, 0.1) is 0 Å². The molecule has 0 saturated carbocycles. The van der Waals surface area contributed by atoms with Gasteiger partial charge in [0.15, 0.2) is 22.9 Å². The Kier molecular flexibility index (Phi) is 3.84. The van der Waals surface area contributed by atoms with E-state index in [-0.39, 0.29) is 29.6 Å². The third-order valence-corrected chi connectivity index (χ3v) is 3.33. The number of aliphatic imine (C=N–C) groups is 1.